The van der Waals surface area contributed by atoms with Crippen molar-refractivity contribution in [1.29, 1.82) is 0 Å². The number of rotatable bonds is 4. The van der Waals surface area contributed by atoms with Crippen molar-refractivity contribution in [3.05, 3.63) is 91.1 Å². The molecule has 1 aliphatic carbocycles. The van der Waals surface area contributed by atoms with Crippen molar-refractivity contribution < 1.29 is 4.42 Å². The molecule has 35 heavy (non-hydrogen) atoms. The zero-order chi connectivity index (χ0) is 23.4. The van der Waals surface area contributed by atoms with Crippen LogP contribution in [0.25, 0.3) is 50.5 Å². The van der Waals surface area contributed by atoms with E-state index in [2.05, 4.69) is 57.6 Å². The number of oxazole rings is 1. The highest BCUT2D eigenvalue weighted by molar-refractivity contribution is 5.98. The van der Waals surface area contributed by atoms with Gasteiger partial charge in [0.2, 0.25) is 0 Å². The highest BCUT2D eigenvalue weighted by Gasteiger charge is 2.34. The maximum atomic E-state index is 6.56. The summed E-state index contributed by atoms with van der Waals surface area (Å²) in [7, 11) is 0. The first-order chi connectivity index (χ1) is 17.2. The first kappa shape index (κ1) is 20.1. The Morgan fingerprint density at radius 3 is 2.46 bits per heavy atom. The van der Waals surface area contributed by atoms with Gasteiger partial charge in [-0.25, -0.2) is 9.97 Å². The lowest BCUT2D eigenvalue weighted by molar-refractivity contribution is 0.253. The predicted octanol–water partition coefficient (Wildman–Crippen LogP) is 5.60. The smallest absolute Gasteiger partial charge is 0.190 e. The van der Waals surface area contributed by atoms with E-state index in [4.69, 9.17) is 15.1 Å². The Morgan fingerprint density at radius 1 is 0.914 bits per heavy atom. The van der Waals surface area contributed by atoms with Gasteiger partial charge in [0, 0.05) is 28.2 Å². The third-order valence-electron chi connectivity index (χ3n) is 7.10. The minimum atomic E-state index is -0.182. The molecular formula is C28H22N6O. The summed E-state index contributed by atoms with van der Waals surface area (Å²) in [5, 5.41) is 9.76. The topological polar surface area (TPSA) is 95.1 Å². The minimum absolute atomic E-state index is 0.182. The van der Waals surface area contributed by atoms with Crippen molar-refractivity contribution in [2.45, 2.75) is 24.8 Å². The standard InChI is InChI=1S/C28H22N6O/c29-28(12-4-13-28)20-9-7-19(8-10-20)25-21(18-5-2-1-3-6-18)15-22-23(31-25)11-14-34-26(22)32-33-27(34)24-16-35-17-30-24/h1-3,5-11,14-17H,4,12-13,29H2. The van der Waals surface area contributed by atoms with Crippen LogP contribution in [0, 0.1) is 0 Å². The number of fused-ring (bicyclic) bond motifs is 3. The van der Waals surface area contributed by atoms with Gasteiger partial charge in [-0.1, -0.05) is 54.6 Å². The summed E-state index contributed by atoms with van der Waals surface area (Å²) in [4.78, 5) is 9.35. The molecule has 1 aliphatic rings. The Morgan fingerprint density at radius 2 is 1.74 bits per heavy atom. The number of aromatic nitrogens is 5. The molecule has 1 saturated carbocycles. The molecule has 7 nitrogen and oxygen atoms in total. The lowest BCUT2D eigenvalue weighted by Crippen LogP contribution is -2.43. The molecule has 4 heterocycles. The Bertz CT molecular complexity index is 1670. The van der Waals surface area contributed by atoms with E-state index in [1.165, 1.54) is 18.4 Å². The van der Waals surface area contributed by atoms with Crippen LogP contribution in [0.4, 0.5) is 0 Å². The van der Waals surface area contributed by atoms with Gasteiger partial charge in [0.1, 0.15) is 12.0 Å². The number of hydrogen-bond donors (Lipinski definition) is 1. The third kappa shape index (κ3) is 3.16. The molecule has 0 saturated heterocycles. The molecule has 0 unspecified atom stereocenters. The molecule has 2 N–H and O–H groups in total. The van der Waals surface area contributed by atoms with Crippen molar-refractivity contribution in [2.24, 2.45) is 5.73 Å². The fraction of sp³-hybridized carbons (Fsp3) is 0.143. The van der Waals surface area contributed by atoms with Crippen LogP contribution >= 0.6 is 0 Å². The molecule has 170 valence electrons. The Balaban J connectivity index is 1.43. The van der Waals surface area contributed by atoms with Gasteiger partial charge in [-0.2, -0.15) is 0 Å². The molecule has 0 bridgehead atoms. The molecule has 6 aromatic rings. The van der Waals surface area contributed by atoms with E-state index >= 15 is 0 Å². The molecule has 2 aromatic carbocycles. The van der Waals surface area contributed by atoms with Crippen LogP contribution in [-0.2, 0) is 5.54 Å². The van der Waals surface area contributed by atoms with E-state index in [9.17, 15) is 0 Å². The zero-order valence-corrected chi connectivity index (χ0v) is 18.9. The lowest BCUT2D eigenvalue weighted by atomic mass is 9.72. The fourth-order valence-corrected chi connectivity index (χ4v) is 4.96. The second kappa shape index (κ2) is 7.58. The summed E-state index contributed by atoms with van der Waals surface area (Å²) in [6, 6.07) is 23.1. The van der Waals surface area contributed by atoms with Crippen LogP contribution in [0.2, 0.25) is 0 Å². The van der Waals surface area contributed by atoms with E-state index in [1.54, 1.807) is 6.26 Å². The molecule has 0 aliphatic heterocycles. The van der Waals surface area contributed by atoms with Crippen LogP contribution in [0.3, 0.4) is 0 Å². The van der Waals surface area contributed by atoms with Gasteiger partial charge in [-0.05, 0) is 42.5 Å². The van der Waals surface area contributed by atoms with E-state index in [0.717, 1.165) is 51.8 Å². The highest BCUT2D eigenvalue weighted by Crippen LogP contribution is 2.40. The van der Waals surface area contributed by atoms with E-state index < -0.39 is 0 Å². The average molecular weight is 459 g/mol. The molecule has 0 radical (unpaired) electrons. The summed E-state index contributed by atoms with van der Waals surface area (Å²) in [6.45, 7) is 0. The second-order valence-corrected chi connectivity index (χ2v) is 9.18. The minimum Gasteiger partial charge on any atom is -0.451 e. The molecule has 4 aromatic heterocycles. The van der Waals surface area contributed by atoms with Crippen LogP contribution in [0.1, 0.15) is 24.8 Å². The van der Waals surface area contributed by atoms with Crippen LogP contribution < -0.4 is 5.73 Å². The van der Waals surface area contributed by atoms with Gasteiger partial charge in [0.25, 0.3) is 0 Å². The Kier molecular flexibility index (Phi) is 4.34. The van der Waals surface area contributed by atoms with Crippen molar-refractivity contribution in [3.8, 4) is 33.9 Å². The van der Waals surface area contributed by atoms with Crippen molar-refractivity contribution in [3.63, 3.8) is 0 Å². The molecule has 0 spiro atoms. The lowest BCUT2D eigenvalue weighted by Gasteiger charge is -2.38. The monoisotopic (exact) mass is 458 g/mol. The Labute approximate surface area is 201 Å². The summed E-state index contributed by atoms with van der Waals surface area (Å²) in [5.74, 6) is 0.628. The maximum Gasteiger partial charge on any atom is 0.190 e. The van der Waals surface area contributed by atoms with Crippen LogP contribution in [0.5, 0.6) is 0 Å². The predicted molar refractivity (Wildman–Crippen MR) is 134 cm³/mol. The molecule has 7 rings (SSSR count). The first-order valence-corrected chi connectivity index (χ1v) is 11.7. The van der Waals surface area contributed by atoms with Gasteiger partial charge in [0.05, 0.1) is 11.2 Å². The van der Waals surface area contributed by atoms with Crippen molar-refractivity contribution in [2.75, 3.05) is 0 Å². The van der Waals surface area contributed by atoms with Crippen LogP contribution in [-0.4, -0.2) is 24.6 Å². The van der Waals surface area contributed by atoms with Gasteiger partial charge in [0.15, 0.2) is 17.9 Å². The summed E-state index contributed by atoms with van der Waals surface area (Å²) in [5.41, 5.74) is 13.9. The van der Waals surface area contributed by atoms with E-state index in [0.29, 0.717) is 11.5 Å². The number of benzene rings is 2. The largest absolute Gasteiger partial charge is 0.451 e. The summed E-state index contributed by atoms with van der Waals surface area (Å²) >= 11 is 0. The van der Waals surface area contributed by atoms with Crippen molar-refractivity contribution >= 4 is 16.6 Å². The van der Waals surface area contributed by atoms with Gasteiger partial charge in [-0.15, -0.1) is 10.2 Å². The SMILES string of the molecule is NC1(c2ccc(-c3nc4ccn5c(-c6cocn6)nnc5c4cc3-c3ccccc3)cc2)CCC1. The van der Waals surface area contributed by atoms with E-state index in [-0.39, 0.29) is 5.54 Å². The maximum absolute atomic E-state index is 6.56. The van der Waals surface area contributed by atoms with Crippen molar-refractivity contribution in [1.82, 2.24) is 24.6 Å². The van der Waals surface area contributed by atoms with Gasteiger partial charge < -0.3 is 10.2 Å². The van der Waals surface area contributed by atoms with Crippen LogP contribution in [0.15, 0.2) is 90.0 Å². The second-order valence-electron chi connectivity index (χ2n) is 9.18. The van der Waals surface area contributed by atoms with Gasteiger partial charge >= 0.3 is 0 Å². The third-order valence-corrected chi connectivity index (χ3v) is 7.10. The van der Waals surface area contributed by atoms with E-state index in [1.807, 2.05) is 34.9 Å². The number of nitrogens with zero attached hydrogens (tertiary/aromatic N) is 5. The summed E-state index contributed by atoms with van der Waals surface area (Å²) < 4.78 is 7.07. The number of pyridine rings is 2. The molecule has 7 heteroatoms. The first-order valence-electron chi connectivity index (χ1n) is 11.7. The quantitative estimate of drug-likeness (QED) is 0.369. The molecular weight excluding hydrogens is 436 g/mol. The normalized spacial score (nSPS) is 14.9. The molecule has 1 fully saturated rings. The average Bonchev–Trinajstić information content (AvgIpc) is 3.57. The highest BCUT2D eigenvalue weighted by atomic mass is 16.3. The molecule has 0 atom stereocenters. The molecule has 0 amide bonds. The zero-order valence-electron chi connectivity index (χ0n) is 18.9. The summed E-state index contributed by atoms with van der Waals surface area (Å²) in [6.07, 6.45) is 8.16. The van der Waals surface area contributed by atoms with Gasteiger partial charge in [-0.3, -0.25) is 4.40 Å². The number of hydrogen-bond acceptors (Lipinski definition) is 6. The Hall–Kier alpha value is -4.36. The number of nitrogens with two attached hydrogens (primary N) is 1. The fourth-order valence-electron chi connectivity index (χ4n) is 4.96.